The summed E-state index contributed by atoms with van der Waals surface area (Å²) in [6.45, 7) is 3.00. The number of carbonyl (C=O) groups excluding carboxylic acids is 1. The quantitative estimate of drug-likeness (QED) is 0.754. The second-order valence-corrected chi connectivity index (χ2v) is 7.41. The molecule has 0 unspecified atom stereocenters. The highest BCUT2D eigenvalue weighted by molar-refractivity contribution is 7.93. The van der Waals surface area contributed by atoms with Gasteiger partial charge in [-0.3, -0.25) is 4.79 Å². The average molecular weight is 340 g/mol. The van der Waals surface area contributed by atoms with E-state index in [1.165, 1.54) is 18.3 Å². The van der Waals surface area contributed by atoms with Gasteiger partial charge in [0.1, 0.15) is 6.54 Å². The molecule has 1 aromatic heterocycles. The van der Waals surface area contributed by atoms with E-state index in [9.17, 15) is 13.2 Å². The van der Waals surface area contributed by atoms with Crippen molar-refractivity contribution >= 4 is 32.5 Å². The molecule has 6 nitrogen and oxygen atoms in total. The van der Waals surface area contributed by atoms with Crippen LogP contribution in [0.1, 0.15) is 13.8 Å². The fourth-order valence-electron chi connectivity index (χ4n) is 1.73. The van der Waals surface area contributed by atoms with Gasteiger partial charge in [-0.05, 0) is 26.0 Å². The summed E-state index contributed by atoms with van der Waals surface area (Å²) in [5.41, 5.74) is 0. The SMILES string of the molecule is CC(C)OC(=O)CN(c1nccs1)S(=O)(=O)c1ccccc1. The molecule has 1 heterocycles. The van der Waals surface area contributed by atoms with Crippen LogP contribution in [0.3, 0.4) is 0 Å². The van der Waals surface area contributed by atoms with Crippen molar-refractivity contribution in [3.63, 3.8) is 0 Å². The number of sulfonamides is 1. The monoisotopic (exact) mass is 340 g/mol. The molecule has 1 aromatic carbocycles. The molecule has 0 atom stereocenters. The Morgan fingerprint density at radius 2 is 2.00 bits per heavy atom. The van der Waals surface area contributed by atoms with Gasteiger partial charge >= 0.3 is 5.97 Å². The summed E-state index contributed by atoms with van der Waals surface area (Å²) in [4.78, 5) is 16.0. The van der Waals surface area contributed by atoms with Crippen molar-refractivity contribution in [2.75, 3.05) is 10.8 Å². The minimum Gasteiger partial charge on any atom is -0.462 e. The number of nitrogens with zero attached hydrogens (tertiary/aromatic N) is 2. The van der Waals surface area contributed by atoms with E-state index >= 15 is 0 Å². The lowest BCUT2D eigenvalue weighted by atomic mass is 10.4. The van der Waals surface area contributed by atoms with Gasteiger partial charge in [0, 0.05) is 11.6 Å². The Morgan fingerprint density at radius 3 is 2.55 bits per heavy atom. The number of hydrogen-bond donors (Lipinski definition) is 0. The lowest BCUT2D eigenvalue weighted by Gasteiger charge is -2.21. The van der Waals surface area contributed by atoms with Crippen molar-refractivity contribution < 1.29 is 17.9 Å². The van der Waals surface area contributed by atoms with Crippen molar-refractivity contribution in [2.45, 2.75) is 24.8 Å². The van der Waals surface area contributed by atoms with Gasteiger partial charge in [0.15, 0.2) is 5.13 Å². The number of esters is 1. The molecule has 22 heavy (non-hydrogen) atoms. The van der Waals surface area contributed by atoms with Gasteiger partial charge in [-0.25, -0.2) is 17.7 Å². The van der Waals surface area contributed by atoms with E-state index < -0.39 is 22.5 Å². The number of aromatic nitrogens is 1. The molecule has 0 aliphatic carbocycles. The maximum absolute atomic E-state index is 12.7. The summed E-state index contributed by atoms with van der Waals surface area (Å²) < 4.78 is 31.5. The van der Waals surface area contributed by atoms with Crippen molar-refractivity contribution in [3.05, 3.63) is 41.9 Å². The molecule has 2 aromatic rings. The van der Waals surface area contributed by atoms with Crippen LogP contribution in [0.4, 0.5) is 5.13 Å². The van der Waals surface area contributed by atoms with E-state index in [-0.39, 0.29) is 16.1 Å². The molecular formula is C14H16N2O4S2. The second kappa shape index (κ2) is 6.89. The molecule has 8 heteroatoms. The number of thiazole rings is 1. The Bertz CT molecular complexity index is 713. The first-order valence-electron chi connectivity index (χ1n) is 6.58. The Kier molecular flexibility index (Phi) is 5.15. The maximum Gasteiger partial charge on any atom is 0.327 e. The summed E-state index contributed by atoms with van der Waals surface area (Å²) in [5.74, 6) is -0.621. The van der Waals surface area contributed by atoms with Gasteiger partial charge in [0.2, 0.25) is 0 Å². The molecular weight excluding hydrogens is 324 g/mol. The number of hydrogen-bond acceptors (Lipinski definition) is 6. The van der Waals surface area contributed by atoms with Crippen molar-refractivity contribution in [1.82, 2.24) is 4.98 Å². The molecule has 0 spiro atoms. The Hall–Kier alpha value is -1.93. The molecule has 0 fully saturated rings. The molecule has 0 saturated heterocycles. The number of benzene rings is 1. The maximum atomic E-state index is 12.7. The lowest BCUT2D eigenvalue weighted by Crippen LogP contribution is -2.37. The fourth-order valence-corrected chi connectivity index (χ4v) is 3.99. The fraction of sp³-hybridized carbons (Fsp3) is 0.286. The molecule has 0 bridgehead atoms. The molecule has 0 radical (unpaired) electrons. The third-order valence-electron chi connectivity index (χ3n) is 2.60. The van der Waals surface area contributed by atoms with Gasteiger partial charge in [-0.1, -0.05) is 18.2 Å². The standard InChI is InChI=1S/C14H16N2O4S2/c1-11(2)20-13(17)10-16(14-15-8-9-21-14)22(18,19)12-6-4-3-5-7-12/h3-9,11H,10H2,1-2H3. The first kappa shape index (κ1) is 16.4. The number of ether oxygens (including phenoxy) is 1. The van der Waals surface area contributed by atoms with Crippen LogP contribution >= 0.6 is 11.3 Å². The summed E-state index contributed by atoms with van der Waals surface area (Å²) in [6, 6.07) is 7.92. The van der Waals surface area contributed by atoms with Crippen LogP contribution in [0.2, 0.25) is 0 Å². The van der Waals surface area contributed by atoms with Crippen molar-refractivity contribution in [2.24, 2.45) is 0 Å². The van der Waals surface area contributed by atoms with Crippen LogP contribution in [-0.2, 0) is 19.6 Å². The van der Waals surface area contributed by atoms with Crippen LogP contribution in [0.5, 0.6) is 0 Å². The van der Waals surface area contributed by atoms with E-state index in [0.29, 0.717) is 0 Å². The zero-order chi connectivity index (χ0) is 16.2. The normalized spacial score (nSPS) is 11.4. The molecule has 2 rings (SSSR count). The first-order valence-corrected chi connectivity index (χ1v) is 8.90. The van der Waals surface area contributed by atoms with E-state index in [2.05, 4.69) is 4.98 Å². The van der Waals surface area contributed by atoms with Crippen molar-refractivity contribution in [1.29, 1.82) is 0 Å². The topological polar surface area (TPSA) is 76.6 Å². The Labute approximate surface area is 133 Å². The van der Waals surface area contributed by atoms with Gasteiger partial charge in [0.05, 0.1) is 11.0 Å². The summed E-state index contributed by atoms with van der Waals surface area (Å²) in [7, 11) is -3.87. The van der Waals surface area contributed by atoms with Crippen molar-refractivity contribution in [3.8, 4) is 0 Å². The summed E-state index contributed by atoms with van der Waals surface area (Å²) in [5, 5.41) is 1.88. The predicted octanol–water partition coefficient (Wildman–Crippen LogP) is 2.29. The van der Waals surface area contributed by atoms with Crippen LogP contribution in [0.15, 0.2) is 46.8 Å². The van der Waals surface area contributed by atoms with E-state index in [0.717, 1.165) is 15.6 Å². The zero-order valence-corrected chi connectivity index (χ0v) is 13.8. The Balaban J connectivity index is 2.35. The average Bonchev–Trinajstić information content (AvgIpc) is 2.98. The van der Waals surface area contributed by atoms with E-state index in [1.54, 1.807) is 37.4 Å². The van der Waals surface area contributed by atoms with Crippen LogP contribution in [-0.4, -0.2) is 32.0 Å². The Morgan fingerprint density at radius 1 is 1.32 bits per heavy atom. The molecule has 0 saturated carbocycles. The van der Waals surface area contributed by atoms with Gasteiger partial charge in [-0.2, -0.15) is 0 Å². The van der Waals surface area contributed by atoms with Gasteiger partial charge in [-0.15, -0.1) is 11.3 Å². The highest BCUT2D eigenvalue weighted by atomic mass is 32.2. The summed E-state index contributed by atoms with van der Waals surface area (Å²) in [6.07, 6.45) is 1.17. The zero-order valence-electron chi connectivity index (χ0n) is 12.2. The van der Waals surface area contributed by atoms with Crippen LogP contribution < -0.4 is 4.31 Å². The lowest BCUT2D eigenvalue weighted by molar-refractivity contribution is -0.145. The number of carbonyl (C=O) groups is 1. The molecule has 0 amide bonds. The predicted molar refractivity (Wildman–Crippen MR) is 84.3 cm³/mol. The smallest absolute Gasteiger partial charge is 0.327 e. The van der Waals surface area contributed by atoms with Crippen LogP contribution in [0.25, 0.3) is 0 Å². The largest absolute Gasteiger partial charge is 0.462 e. The van der Waals surface area contributed by atoms with E-state index in [1.807, 2.05) is 0 Å². The van der Waals surface area contributed by atoms with Crippen LogP contribution in [0, 0.1) is 0 Å². The highest BCUT2D eigenvalue weighted by Crippen LogP contribution is 2.25. The number of rotatable bonds is 6. The molecule has 0 N–H and O–H groups in total. The highest BCUT2D eigenvalue weighted by Gasteiger charge is 2.29. The number of anilines is 1. The second-order valence-electron chi connectivity index (χ2n) is 4.68. The molecule has 0 aliphatic heterocycles. The minimum atomic E-state index is -3.87. The summed E-state index contributed by atoms with van der Waals surface area (Å²) >= 11 is 1.14. The first-order chi connectivity index (χ1) is 10.4. The van der Waals surface area contributed by atoms with Gasteiger partial charge < -0.3 is 4.74 Å². The molecule has 118 valence electrons. The third kappa shape index (κ3) is 3.83. The minimum absolute atomic E-state index is 0.0996. The van der Waals surface area contributed by atoms with Gasteiger partial charge in [0.25, 0.3) is 10.0 Å². The third-order valence-corrected chi connectivity index (χ3v) is 5.26. The molecule has 0 aliphatic rings. The van der Waals surface area contributed by atoms with E-state index in [4.69, 9.17) is 4.74 Å².